The zero-order valence-electron chi connectivity index (χ0n) is 9.18. The van der Waals surface area contributed by atoms with E-state index in [1.54, 1.807) is 26.0 Å². The maximum atomic E-state index is 13.4. The highest BCUT2D eigenvalue weighted by molar-refractivity contribution is 6.30. The van der Waals surface area contributed by atoms with Crippen LogP contribution in [-0.4, -0.2) is 11.4 Å². The summed E-state index contributed by atoms with van der Waals surface area (Å²) in [4.78, 5) is 11.0. The molecule has 0 bridgehead atoms. The molecule has 5 heteroatoms. The van der Waals surface area contributed by atoms with Crippen molar-refractivity contribution >= 4 is 17.5 Å². The van der Waals surface area contributed by atoms with E-state index in [1.165, 1.54) is 6.07 Å². The molecule has 1 amide bonds. The molecule has 0 heterocycles. The predicted octanol–water partition coefficient (Wildman–Crippen LogP) is 1.83. The third kappa shape index (κ3) is 3.18. The Balaban J connectivity index is 2.72. The minimum Gasteiger partial charge on any atom is -0.368 e. The maximum absolute atomic E-state index is 13.4. The van der Waals surface area contributed by atoms with Crippen molar-refractivity contribution in [1.82, 2.24) is 5.32 Å². The molecule has 1 rings (SSSR count). The smallest absolute Gasteiger partial charge is 0.237 e. The predicted molar refractivity (Wildman–Crippen MR) is 61.5 cm³/mol. The van der Waals surface area contributed by atoms with Crippen molar-refractivity contribution in [3.8, 4) is 0 Å². The first-order valence-electron chi connectivity index (χ1n) is 4.82. The number of benzene rings is 1. The van der Waals surface area contributed by atoms with E-state index in [0.29, 0.717) is 10.6 Å². The summed E-state index contributed by atoms with van der Waals surface area (Å²) in [6, 6.07) is 4.40. The Hall–Kier alpha value is -1.13. The number of carbonyl (C=O) groups excluding carboxylic acids is 1. The molecule has 0 atom stereocenters. The van der Waals surface area contributed by atoms with E-state index in [2.05, 4.69) is 5.32 Å². The van der Waals surface area contributed by atoms with Gasteiger partial charge < -0.3 is 5.73 Å². The van der Waals surface area contributed by atoms with Gasteiger partial charge in [-0.3, -0.25) is 10.1 Å². The summed E-state index contributed by atoms with van der Waals surface area (Å²) in [6.45, 7) is 3.51. The van der Waals surface area contributed by atoms with E-state index in [1.807, 2.05) is 0 Å². The van der Waals surface area contributed by atoms with Gasteiger partial charge in [-0.2, -0.15) is 0 Å². The van der Waals surface area contributed by atoms with E-state index < -0.39 is 17.3 Å². The van der Waals surface area contributed by atoms with Crippen LogP contribution in [0, 0.1) is 5.82 Å². The first kappa shape index (κ1) is 12.9. The van der Waals surface area contributed by atoms with Gasteiger partial charge in [0, 0.05) is 17.1 Å². The van der Waals surface area contributed by atoms with Crippen molar-refractivity contribution < 1.29 is 9.18 Å². The van der Waals surface area contributed by atoms with Gasteiger partial charge in [0.1, 0.15) is 5.82 Å². The van der Waals surface area contributed by atoms with Crippen LogP contribution in [0.15, 0.2) is 18.2 Å². The lowest BCUT2D eigenvalue weighted by Gasteiger charge is -2.22. The quantitative estimate of drug-likeness (QED) is 0.849. The summed E-state index contributed by atoms with van der Waals surface area (Å²) in [7, 11) is 0. The number of hydrogen-bond acceptors (Lipinski definition) is 2. The van der Waals surface area contributed by atoms with Gasteiger partial charge in [0.15, 0.2) is 0 Å². The number of nitrogens with two attached hydrogens (primary N) is 1. The molecule has 0 radical (unpaired) electrons. The zero-order valence-corrected chi connectivity index (χ0v) is 9.94. The third-order valence-electron chi connectivity index (χ3n) is 2.35. The molecular formula is C11H14ClFN2O. The van der Waals surface area contributed by atoms with Crippen LogP contribution in [0.2, 0.25) is 5.02 Å². The molecule has 88 valence electrons. The second-order valence-corrected chi connectivity index (χ2v) is 4.51. The number of nitrogens with one attached hydrogen (secondary N) is 1. The average Bonchev–Trinajstić information content (AvgIpc) is 2.16. The molecule has 0 aliphatic carbocycles. The van der Waals surface area contributed by atoms with Gasteiger partial charge in [-0.15, -0.1) is 0 Å². The minimum atomic E-state index is -0.869. The van der Waals surface area contributed by atoms with Crippen molar-refractivity contribution in [3.05, 3.63) is 34.6 Å². The molecule has 1 aromatic carbocycles. The molecule has 0 aliphatic rings. The first-order valence-corrected chi connectivity index (χ1v) is 5.19. The average molecular weight is 245 g/mol. The highest BCUT2D eigenvalue weighted by Gasteiger charge is 2.23. The van der Waals surface area contributed by atoms with Crippen LogP contribution in [0.4, 0.5) is 4.39 Å². The Morgan fingerprint density at radius 2 is 2.19 bits per heavy atom. The molecule has 0 aromatic heterocycles. The largest absolute Gasteiger partial charge is 0.368 e. The van der Waals surface area contributed by atoms with Crippen LogP contribution in [0.25, 0.3) is 0 Å². The van der Waals surface area contributed by atoms with Gasteiger partial charge in [0.25, 0.3) is 0 Å². The fourth-order valence-corrected chi connectivity index (χ4v) is 1.23. The molecule has 0 unspecified atom stereocenters. The Morgan fingerprint density at radius 1 is 1.56 bits per heavy atom. The number of halogens is 2. The second-order valence-electron chi connectivity index (χ2n) is 4.08. The number of hydrogen-bond donors (Lipinski definition) is 2. The van der Waals surface area contributed by atoms with Crippen LogP contribution in [0.5, 0.6) is 0 Å². The van der Waals surface area contributed by atoms with Gasteiger partial charge in [-0.25, -0.2) is 4.39 Å². The maximum Gasteiger partial charge on any atom is 0.237 e. The lowest BCUT2D eigenvalue weighted by Crippen LogP contribution is -2.50. The summed E-state index contributed by atoms with van der Waals surface area (Å²) in [5.41, 5.74) is 4.75. The fourth-order valence-electron chi connectivity index (χ4n) is 1.07. The molecule has 0 saturated heterocycles. The van der Waals surface area contributed by atoms with Gasteiger partial charge in [-0.1, -0.05) is 17.7 Å². The van der Waals surface area contributed by atoms with Gasteiger partial charge in [0.2, 0.25) is 5.91 Å². The third-order valence-corrected chi connectivity index (χ3v) is 2.59. The van der Waals surface area contributed by atoms with E-state index in [4.69, 9.17) is 17.3 Å². The Bertz CT molecular complexity index is 407. The van der Waals surface area contributed by atoms with Crippen LogP contribution in [-0.2, 0) is 11.3 Å². The first-order chi connectivity index (χ1) is 7.33. The van der Waals surface area contributed by atoms with E-state index in [9.17, 15) is 9.18 Å². The normalized spacial score (nSPS) is 11.5. The summed E-state index contributed by atoms with van der Waals surface area (Å²) < 4.78 is 13.4. The summed E-state index contributed by atoms with van der Waals surface area (Å²) >= 11 is 5.62. The minimum absolute atomic E-state index is 0.221. The van der Waals surface area contributed by atoms with Crippen LogP contribution in [0.3, 0.4) is 0 Å². The Kier molecular flexibility index (Phi) is 3.88. The van der Waals surface area contributed by atoms with Crippen LogP contribution < -0.4 is 11.1 Å². The Labute approximate surface area is 98.8 Å². The van der Waals surface area contributed by atoms with Crippen molar-refractivity contribution in [2.24, 2.45) is 5.73 Å². The molecule has 0 aliphatic heterocycles. The molecule has 3 N–H and O–H groups in total. The van der Waals surface area contributed by atoms with Crippen molar-refractivity contribution in [1.29, 1.82) is 0 Å². The van der Waals surface area contributed by atoms with Crippen LogP contribution >= 0.6 is 11.6 Å². The van der Waals surface area contributed by atoms with Crippen molar-refractivity contribution in [3.63, 3.8) is 0 Å². The van der Waals surface area contributed by atoms with Gasteiger partial charge >= 0.3 is 0 Å². The van der Waals surface area contributed by atoms with Gasteiger partial charge in [-0.05, 0) is 26.0 Å². The Morgan fingerprint density at radius 3 is 2.69 bits per heavy atom. The van der Waals surface area contributed by atoms with Gasteiger partial charge in [0.05, 0.1) is 5.54 Å². The molecular weight excluding hydrogens is 231 g/mol. The van der Waals surface area contributed by atoms with E-state index >= 15 is 0 Å². The monoisotopic (exact) mass is 244 g/mol. The second kappa shape index (κ2) is 4.80. The standard InChI is InChI=1S/C11H14ClFN2O/c1-11(2,10(14)16)15-6-7-3-4-8(12)5-9(7)13/h3-5,15H,6H2,1-2H3,(H2,14,16). The number of rotatable bonds is 4. The summed E-state index contributed by atoms with van der Waals surface area (Å²) in [5.74, 6) is -0.887. The molecule has 3 nitrogen and oxygen atoms in total. The van der Waals surface area contributed by atoms with E-state index in [-0.39, 0.29) is 6.54 Å². The SMILES string of the molecule is CC(C)(NCc1ccc(Cl)cc1F)C(N)=O. The zero-order chi connectivity index (χ0) is 12.3. The number of carbonyl (C=O) groups is 1. The highest BCUT2D eigenvalue weighted by Crippen LogP contribution is 2.15. The molecule has 1 aromatic rings. The highest BCUT2D eigenvalue weighted by atomic mass is 35.5. The molecule has 16 heavy (non-hydrogen) atoms. The number of primary amides is 1. The van der Waals surface area contributed by atoms with Crippen molar-refractivity contribution in [2.75, 3.05) is 0 Å². The van der Waals surface area contributed by atoms with Crippen LogP contribution in [0.1, 0.15) is 19.4 Å². The lowest BCUT2D eigenvalue weighted by molar-refractivity contribution is -0.123. The number of amides is 1. The molecule has 0 saturated carbocycles. The van der Waals surface area contributed by atoms with Crippen molar-refractivity contribution in [2.45, 2.75) is 25.9 Å². The topological polar surface area (TPSA) is 55.1 Å². The summed E-state index contributed by atoms with van der Waals surface area (Å²) in [6.07, 6.45) is 0. The molecule has 0 fully saturated rings. The fraction of sp³-hybridized carbons (Fsp3) is 0.364. The summed E-state index contributed by atoms with van der Waals surface area (Å²) in [5, 5.41) is 3.22. The molecule has 0 spiro atoms. The van der Waals surface area contributed by atoms with E-state index in [0.717, 1.165) is 0 Å². The lowest BCUT2D eigenvalue weighted by atomic mass is 10.0.